The van der Waals surface area contributed by atoms with Gasteiger partial charge in [-0.15, -0.1) is 0 Å². The number of hydrogen-bond acceptors (Lipinski definition) is 7. The first-order valence-electron chi connectivity index (χ1n) is 12.0. The molecule has 2 N–H and O–H groups in total. The van der Waals surface area contributed by atoms with Crippen LogP contribution >= 0.6 is 0 Å². The summed E-state index contributed by atoms with van der Waals surface area (Å²) in [6, 6.07) is 7.07. The lowest BCUT2D eigenvalue weighted by molar-refractivity contribution is -0.137. The summed E-state index contributed by atoms with van der Waals surface area (Å²) in [5.74, 6) is -0.600. The van der Waals surface area contributed by atoms with Crippen molar-refractivity contribution in [3.05, 3.63) is 29.8 Å². The van der Waals surface area contributed by atoms with Gasteiger partial charge in [0.05, 0.1) is 27.6 Å². The lowest BCUT2D eigenvalue weighted by Crippen LogP contribution is -2.55. The molecule has 1 amide bonds. The van der Waals surface area contributed by atoms with Gasteiger partial charge < -0.3 is 10.6 Å². The van der Waals surface area contributed by atoms with E-state index in [0.717, 1.165) is 31.2 Å². The first-order valence-corrected chi connectivity index (χ1v) is 15.3. The van der Waals surface area contributed by atoms with Crippen molar-refractivity contribution in [1.82, 2.24) is 9.80 Å². The maximum atomic E-state index is 13.6. The molecule has 3 aliphatic rings. The van der Waals surface area contributed by atoms with Crippen molar-refractivity contribution in [1.29, 1.82) is 0 Å². The molecule has 2 saturated heterocycles. The van der Waals surface area contributed by atoms with E-state index < -0.39 is 30.8 Å². The van der Waals surface area contributed by atoms with Crippen molar-refractivity contribution in [3.63, 3.8) is 0 Å². The fraction of sp³-hybridized carbons (Fsp3) is 0.696. The summed E-state index contributed by atoms with van der Waals surface area (Å²) >= 11 is 0. The van der Waals surface area contributed by atoms with Crippen LogP contribution in [0.15, 0.2) is 29.2 Å². The summed E-state index contributed by atoms with van der Waals surface area (Å²) in [7, 11) is -6.74. The molecule has 4 rings (SSSR count). The van der Waals surface area contributed by atoms with Gasteiger partial charge in [0.1, 0.15) is 0 Å². The average Bonchev–Trinajstić information content (AvgIpc) is 2.84. The molecule has 184 valence electrons. The Kier molecular flexibility index (Phi) is 7.47. The van der Waals surface area contributed by atoms with E-state index in [4.69, 9.17) is 5.73 Å². The van der Waals surface area contributed by atoms with Crippen molar-refractivity contribution < 1.29 is 21.6 Å². The van der Waals surface area contributed by atoms with E-state index in [1.54, 1.807) is 23.1 Å². The largest absolute Gasteiger partial charge is 0.340 e. The number of nitrogens with zero attached hydrogens (tertiary/aromatic N) is 2. The zero-order valence-electron chi connectivity index (χ0n) is 19.1. The van der Waals surface area contributed by atoms with Crippen LogP contribution in [-0.4, -0.2) is 81.5 Å². The number of benzene rings is 1. The third-order valence-corrected chi connectivity index (χ3v) is 11.2. The van der Waals surface area contributed by atoms with E-state index in [1.807, 2.05) is 6.07 Å². The number of carbonyl (C=O) groups is 1. The lowest BCUT2D eigenvalue weighted by atomic mass is 9.89. The standard InChI is InChI=1S/C23H35N3O5S2/c24-15-18-5-4-8-21(13-18)33(30,31)22-14-19(16-26(17-22)20-6-2-1-3-7-20)23(27)25-9-11-32(28,29)12-10-25/h4-5,8,13,19-20,22H,1-3,6-7,9-12,14-17,24H2/t19-,22+/m0/s1. The van der Waals surface area contributed by atoms with Crippen molar-refractivity contribution in [2.24, 2.45) is 11.7 Å². The number of likely N-dealkylation sites (tertiary alicyclic amines) is 1. The fourth-order valence-corrected chi connectivity index (χ4v) is 8.51. The molecule has 1 aromatic carbocycles. The Hall–Kier alpha value is -1.49. The third-order valence-electron chi connectivity index (χ3n) is 7.44. The van der Waals surface area contributed by atoms with Crippen LogP contribution in [0.2, 0.25) is 0 Å². The molecule has 8 nitrogen and oxygen atoms in total. The van der Waals surface area contributed by atoms with Crippen molar-refractivity contribution >= 4 is 25.6 Å². The predicted molar refractivity (Wildman–Crippen MR) is 127 cm³/mol. The molecule has 1 aliphatic carbocycles. The summed E-state index contributed by atoms with van der Waals surface area (Å²) in [5, 5.41) is -0.677. The molecule has 3 fully saturated rings. The number of nitrogens with two attached hydrogens (primary N) is 1. The minimum atomic E-state index is -3.65. The van der Waals surface area contributed by atoms with Crippen LogP contribution < -0.4 is 5.73 Å². The lowest BCUT2D eigenvalue weighted by Gasteiger charge is -2.43. The number of amides is 1. The maximum absolute atomic E-state index is 13.6. The Morgan fingerprint density at radius 3 is 2.42 bits per heavy atom. The van der Waals surface area contributed by atoms with Gasteiger partial charge in [-0.05, 0) is 37.0 Å². The minimum absolute atomic E-state index is 0.0224. The van der Waals surface area contributed by atoms with Crippen LogP contribution in [-0.2, 0) is 31.0 Å². The molecule has 2 aliphatic heterocycles. The molecule has 0 unspecified atom stereocenters. The molecule has 2 atom stereocenters. The van der Waals surface area contributed by atoms with Gasteiger partial charge >= 0.3 is 0 Å². The molecule has 1 aromatic rings. The number of sulfone groups is 2. The summed E-state index contributed by atoms with van der Waals surface area (Å²) in [4.78, 5) is 17.5. The summed E-state index contributed by atoms with van der Waals surface area (Å²) in [6.45, 7) is 1.62. The van der Waals surface area contributed by atoms with E-state index in [2.05, 4.69) is 4.90 Å². The Balaban J connectivity index is 1.58. The SMILES string of the molecule is NCc1cccc(S(=O)(=O)[C@@H]2C[C@H](C(=O)N3CCS(=O)(=O)CC3)CN(C3CCCCC3)C2)c1. The molecule has 0 radical (unpaired) electrons. The Morgan fingerprint density at radius 1 is 1.06 bits per heavy atom. The van der Waals surface area contributed by atoms with Gasteiger partial charge in [0.25, 0.3) is 0 Å². The van der Waals surface area contributed by atoms with Crippen LogP contribution in [0.5, 0.6) is 0 Å². The van der Waals surface area contributed by atoms with Gasteiger partial charge in [-0.25, -0.2) is 16.8 Å². The Morgan fingerprint density at radius 2 is 1.76 bits per heavy atom. The first-order chi connectivity index (χ1) is 15.7. The predicted octanol–water partition coefficient (Wildman–Crippen LogP) is 1.20. The van der Waals surface area contributed by atoms with E-state index >= 15 is 0 Å². The second-order valence-electron chi connectivity index (χ2n) is 9.67. The third kappa shape index (κ3) is 5.61. The molecule has 0 bridgehead atoms. The highest BCUT2D eigenvalue weighted by atomic mass is 32.2. The molecule has 0 aromatic heterocycles. The molecular formula is C23H35N3O5S2. The minimum Gasteiger partial charge on any atom is -0.340 e. The topological polar surface area (TPSA) is 118 Å². The van der Waals surface area contributed by atoms with E-state index in [1.165, 1.54) is 6.42 Å². The van der Waals surface area contributed by atoms with Gasteiger partial charge in [-0.2, -0.15) is 0 Å². The molecule has 2 heterocycles. The smallest absolute Gasteiger partial charge is 0.227 e. The number of hydrogen-bond donors (Lipinski definition) is 1. The summed E-state index contributed by atoms with van der Waals surface area (Å²) in [5.41, 5.74) is 6.49. The highest BCUT2D eigenvalue weighted by Crippen LogP contribution is 2.33. The fourth-order valence-electron chi connectivity index (χ4n) is 5.47. The van der Waals surface area contributed by atoms with Crippen molar-refractivity contribution in [2.45, 2.75) is 61.3 Å². The van der Waals surface area contributed by atoms with Crippen LogP contribution in [0, 0.1) is 5.92 Å². The van der Waals surface area contributed by atoms with Crippen LogP contribution in [0.1, 0.15) is 44.1 Å². The molecule has 0 spiro atoms. The van der Waals surface area contributed by atoms with Gasteiger partial charge in [-0.3, -0.25) is 9.69 Å². The molecule has 1 saturated carbocycles. The molecular weight excluding hydrogens is 462 g/mol. The molecule has 10 heteroatoms. The quantitative estimate of drug-likeness (QED) is 0.649. The average molecular weight is 498 g/mol. The van der Waals surface area contributed by atoms with Crippen molar-refractivity contribution in [2.75, 3.05) is 37.7 Å². The normalized spacial score (nSPS) is 27.4. The second kappa shape index (κ2) is 10.0. The van der Waals surface area contributed by atoms with Crippen LogP contribution in [0.4, 0.5) is 0 Å². The maximum Gasteiger partial charge on any atom is 0.227 e. The Bertz CT molecular complexity index is 1050. The highest BCUT2D eigenvalue weighted by molar-refractivity contribution is 7.92. The van der Waals surface area contributed by atoms with Gasteiger partial charge in [0, 0.05) is 38.8 Å². The number of piperidine rings is 1. The molecule has 33 heavy (non-hydrogen) atoms. The van der Waals surface area contributed by atoms with Gasteiger partial charge in [-0.1, -0.05) is 31.4 Å². The zero-order chi connectivity index (χ0) is 23.6. The highest BCUT2D eigenvalue weighted by Gasteiger charge is 2.42. The van der Waals surface area contributed by atoms with E-state index in [0.29, 0.717) is 19.1 Å². The van der Waals surface area contributed by atoms with E-state index in [-0.39, 0.29) is 48.4 Å². The second-order valence-corrected chi connectivity index (χ2v) is 14.2. The summed E-state index contributed by atoms with van der Waals surface area (Å²) in [6.07, 6.45) is 5.76. The van der Waals surface area contributed by atoms with Crippen LogP contribution in [0.25, 0.3) is 0 Å². The number of carbonyl (C=O) groups excluding carboxylic acids is 1. The van der Waals surface area contributed by atoms with E-state index in [9.17, 15) is 21.6 Å². The first kappa shape index (κ1) is 24.6. The van der Waals surface area contributed by atoms with Gasteiger partial charge in [0.15, 0.2) is 19.7 Å². The monoisotopic (exact) mass is 497 g/mol. The van der Waals surface area contributed by atoms with Crippen molar-refractivity contribution in [3.8, 4) is 0 Å². The summed E-state index contributed by atoms with van der Waals surface area (Å²) < 4.78 is 50.9. The zero-order valence-corrected chi connectivity index (χ0v) is 20.7. The number of rotatable bonds is 5. The van der Waals surface area contributed by atoms with Crippen LogP contribution in [0.3, 0.4) is 0 Å². The van der Waals surface area contributed by atoms with Gasteiger partial charge in [0.2, 0.25) is 5.91 Å². The Labute approximate surface area is 197 Å².